The van der Waals surface area contributed by atoms with Crippen molar-refractivity contribution in [2.24, 2.45) is 0 Å². The molecule has 4 heterocycles. The molecule has 0 bridgehead atoms. The third-order valence-electron chi connectivity index (χ3n) is 4.59. The van der Waals surface area contributed by atoms with Crippen molar-refractivity contribution in [1.82, 2.24) is 20.2 Å². The molecule has 1 aliphatic heterocycles. The molecule has 3 aromatic rings. The van der Waals surface area contributed by atoms with Crippen LogP contribution in [0.15, 0.2) is 52.7 Å². The fourth-order valence-corrected chi connectivity index (χ4v) is 3.91. The summed E-state index contributed by atoms with van der Waals surface area (Å²) in [6.45, 7) is 4.22. The summed E-state index contributed by atoms with van der Waals surface area (Å²) in [5, 5.41) is 5.80. The Labute approximate surface area is 151 Å². The number of thiophene rings is 1. The number of nitrogens with one attached hydrogen (secondary N) is 1. The monoisotopic (exact) mass is 354 g/mol. The van der Waals surface area contributed by atoms with Crippen molar-refractivity contribution >= 4 is 11.3 Å². The predicted octanol–water partition coefficient (Wildman–Crippen LogP) is 3.55. The molecule has 5 nitrogen and oxygen atoms in total. The Hall–Kier alpha value is -2.02. The third kappa shape index (κ3) is 4.34. The minimum atomic E-state index is 0.573. The van der Waals surface area contributed by atoms with E-state index < -0.39 is 0 Å². The van der Waals surface area contributed by atoms with Crippen LogP contribution in [0.5, 0.6) is 0 Å². The summed E-state index contributed by atoms with van der Waals surface area (Å²) >= 11 is 1.85. The highest BCUT2D eigenvalue weighted by Crippen LogP contribution is 2.17. The van der Waals surface area contributed by atoms with Crippen LogP contribution in [-0.4, -0.2) is 34.0 Å². The van der Waals surface area contributed by atoms with E-state index >= 15 is 0 Å². The number of rotatable bonds is 6. The van der Waals surface area contributed by atoms with Crippen molar-refractivity contribution in [2.45, 2.75) is 32.0 Å². The minimum absolute atomic E-state index is 0.573. The smallest absolute Gasteiger partial charge is 0.195 e. The summed E-state index contributed by atoms with van der Waals surface area (Å²) < 4.78 is 5.32. The van der Waals surface area contributed by atoms with E-state index in [1.807, 2.05) is 35.9 Å². The normalized spacial score (nSPS) is 16.3. The van der Waals surface area contributed by atoms with E-state index in [1.54, 1.807) is 6.26 Å². The molecule has 3 aromatic heterocycles. The van der Waals surface area contributed by atoms with Gasteiger partial charge in [-0.3, -0.25) is 4.90 Å². The molecule has 4 rings (SSSR count). The molecule has 130 valence electrons. The van der Waals surface area contributed by atoms with Crippen molar-refractivity contribution in [3.05, 3.63) is 58.7 Å². The van der Waals surface area contributed by atoms with Gasteiger partial charge in [0.15, 0.2) is 11.6 Å². The maximum Gasteiger partial charge on any atom is 0.195 e. The van der Waals surface area contributed by atoms with Crippen LogP contribution in [0.2, 0.25) is 0 Å². The fourth-order valence-electron chi connectivity index (χ4n) is 3.16. The second kappa shape index (κ2) is 7.91. The van der Waals surface area contributed by atoms with Crippen LogP contribution in [0.1, 0.15) is 23.3 Å². The average molecular weight is 354 g/mol. The zero-order valence-corrected chi connectivity index (χ0v) is 14.9. The Morgan fingerprint density at radius 1 is 1.16 bits per heavy atom. The highest BCUT2D eigenvalue weighted by molar-refractivity contribution is 7.09. The van der Waals surface area contributed by atoms with Crippen LogP contribution >= 0.6 is 11.3 Å². The molecule has 0 radical (unpaired) electrons. The van der Waals surface area contributed by atoms with Gasteiger partial charge in [0.2, 0.25) is 0 Å². The van der Waals surface area contributed by atoms with Crippen molar-refractivity contribution in [1.29, 1.82) is 0 Å². The van der Waals surface area contributed by atoms with Crippen LogP contribution in [0, 0.1) is 0 Å². The summed E-state index contributed by atoms with van der Waals surface area (Å²) in [6, 6.07) is 8.65. The van der Waals surface area contributed by atoms with Gasteiger partial charge in [-0.05, 0) is 49.5 Å². The Morgan fingerprint density at radius 2 is 2.00 bits per heavy atom. The van der Waals surface area contributed by atoms with Gasteiger partial charge in [-0.1, -0.05) is 6.07 Å². The van der Waals surface area contributed by atoms with Gasteiger partial charge in [0.05, 0.1) is 6.26 Å². The molecule has 6 heteroatoms. The van der Waals surface area contributed by atoms with Crippen molar-refractivity contribution in [3.8, 4) is 11.6 Å². The van der Waals surface area contributed by atoms with Crippen molar-refractivity contribution < 1.29 is 4.42 Å². The first-order chi connectivity index (χ1) is 12.4. The molecule has 0 aromatic carbocycles. The molecule has 0 unspecified atom stereocenters. The quantitative estimate of drug-likeness (QED) is 0.734. The predicted molar refractivity (Wildman–Crippen MR) is 99.2 cm³/mol. The number of likely N-dealkylation sites (tertiary alicyclic amines) is 1. The Morgan fingerprint density at radius 3 is 2.68 bits per heavy atom. The summed E-state index contributed by atoms with van der Waals surface area (Å²) in [7, 11) is 0. The van der Waals surface area contributed by atoms with E-state index in [-0.39, 0.29) is 0 Å². The van der Waals surface area contributed by atoms with Gasteiger partial charge < -0.3 is 9.73 Å². The van der Waals surface area contributed by atoms with E-state index in [9.17, 15) is 0 Å². The maximum atomic E-state index is 5.32. The highest BCUT2D eigenvalue weighted by Gasteiger charge is 2.19. The third-order valence-corrected chi connectivity index (χ3v) is 5.45. The lowest BCUT2D eigenvalue weighted by molar-refractivity contribution is 0.191. The molecule has 1 saturated heterocycles. The first kappa shape index (κ1) is 16.4. The van der Waals surface area contributed by atoms with Crippen molar-refractivity contribution in [2.75, 3.05) is 13.1 Å². The number of hydrogen-bond donors (Lipinski definition) is 1. The molecule has 0 saturated carbocycles. The maximum absolute atomic E-state index is 5.32. The van der Waals surface area contributed by atoms with E-state index in [2.05, 4.69) is 37.7 Å². The van der Waals surface area contributed by atoms with E-state index in [4.69, 9.17) is 4.42 Å². The first-order valence-corrected chi connectivity index (χ1v) is 9.58. The van der Waals surface area contributed by atoms with Crippen LogP contribution < -0.4 is 5.32 Å². The van der Waals surface area contributed by atoms with E-state index in [1.165, 1.54) is 17.7 Å². The largest absolute Gasteiger partial charge is 0.461 e. The molecular formula is C19H22N4OS. The topological polar surface area (TPSA) is 54.2 Å². The number of furan rings is 1. The number of aromatic nitrogens is 2. The fraction of sp³-hybridized carbons (Fsp3) is 0.368. The van der Waals surface area contributed by atoms with Gasteiger partial charge in [0.1, 0.15) is 0 Å². The summed E-state index contributed by atoms with van der Waals surface area (Å²) in [6.07, 6.45) is 7.78. The second-order valence-corrected chi connectivity index (χ2v) is 7.44. The van der Waals surface area contributed by atoms with E-state index in [0.29, 0.717) is 17.6 Å². The lowest BCUT2D eigenvalue weighted by atomic mass is 10.0. The first-order valence-electron chi connectivity index (χ1n) is 8.70. The van der Waals surface area contributed by atoms with Crippen molar-refractivity contribution in [3.63, 3.8) is 0 Å². The second-order valence-electron chi connectivity index (χ2n) is 6.40. The average Bonchev–Trinajstić information content (AvgIpc) is 3.36. The molecule has 1 N–H and O–H groups in total. The minimum Gasteiger partial charge on any atom is -0.461 e. The van der Waals surface area contributed by atoms with Crippen LogP contribution in [0.4, 0.5) is 0 Å². The zero-order chi connectivity index (χ0) is 16.9. The molecule has 1 aliphatic rings. The van der Waals surface area contributed by atoms with Gasteiger partial charge in [-0.25, -0.2) is 9.97 Å². The number of nitrogens with zero attached hydrogens (tertiary/aromatic N) is 3. The summed E-state index contributed by atoms with van der Waals surface area (Å²) in [5.41, 5.74) is 1.11. The zero-order valence-electron chi connectivity index (χ0n) is 14.1. The molecule has 1 fully saturated rings. The van der Waals surface area contributed by atoms with Crippen LogP contribution in [-0.2, 0) is 13.1 Å². The van der Waals surface area contributed by atoms with Gasteiger partial charge in [0.25, 0.3) is 0 Å². The van der Waals surface area contributed by atoms with Gasteiger partial charge in [-0.2, -0.15) is 0 Å². The Bertz CT molecular complexity index is 747. The molecule has 25 heavy (non-hydrogen) atoms. The lowest BCUT2D eigenvalue weighted by Crippen LogP contribution is -2.41. The lowest BCUT2D eigenvalue weighted by Gasteiger charge is -2.32. The summed E-state index contributed by atoms with van der Waals surface area (Å²) in [5.74, 6) is 1.34. The number of hydrogen-bond acceptors (Lipinski definition) is 6. The van der Waals surface area contributed by atoms with Gasteiger partial charge in [0, 0.05) is 42.0 Å². The standard InChI is InChI=1S/C19H22N4OS/c1-4-18(24-9-1)19-21-12-15(13-22-19)11-20-16-5-7-23(8-6-16)14-17-3-2-10-25-17/h1-4,9-10,12-13,16,20H,5-8,11,14H2. The molecule has 0 amide bonds. The molecule has 0 spiro atoms. The van der Waals surface area contributed by atoms with Gasteiger partial charge >= 0.3 is 0 Å². The SMILES string of the molecule is c1coc(-c2ncc(CNC3CCN(Cc4cccs4)CC3)cn2)c1. The molecule has 0 atom stereocenters. The van der Waals surface area contributed by atoms with E-state index in [0.717, 1.165) is 31.7 Å². The molecular weight excluding hydrogens is 332 g/mol. The summed E-state index contributed by atoms with van der Waals surface area (Å²) in [4.78, 5) is 12.8. The number of piperidine rings is 1. The van der Waals surface area contributed by atoms with Gasteiger partial charge in [-0.15, -0.1) is 11.3 Å². The highest BCUT2D eigenvalue weighted by atomic mass is 32.1. The Balaban J connectivity index is 1.23. The molecule has 0 aliphatic carbocycles. The Kier molecular flexibility index (Phi) is 5.20. The van der Waals surface area contributed by atoms with Crippen LogP contribution in [0.3, 0.4) is 0 Å². The van der Waals surface area contributed by atoms with Crippen LogP contribution in [0.25, 0.3) is 11.6 Å².